The number of hydrogen-bond donors (Lipinski definition) is 1. The summed E-state index contributed by atoms with van der Waals surface area (Å²) in [6.45, 7) is 7.44. The van der Waals surface area contributed by atoms with Crippen LogP contribution in [0.2, 0.25) is 0 Å². The number of rotatable bonds is 6. The van der Waals surface area contributed by atoms with Crippen molar-refractivity contribution < 1.29 is 0 Å². The van der Waals surface area contributed by atoms with E-state index in [9.17, 15) is 0 Å². The molecule has 1 atom stereocenters. The normalized spacial score (nSPS) is 12.8. The van der Waals surface area contributed by atoms with Gasteiger partial charge in [0.2, 0.25) is 0 Å². The molecule has 0 aromatic heterocycles. The smallest absolute Gasteiger partial charge is 0.00771 e. The Hall–Kier alpha value is -0.820. The van der Waals surface area contributed by atoms with Crippen LogP contribution in [-0.2, 0) is 0 Å². The lowest BCUT2D eigenvalue weighted by Gasteiger charge is -2.17. The second-order valence-corrected chi connectivity index (χ2v) is 4.76. The molecule has 0 spiro atoms. The number of aryl methyl sites for hydroxylation is 2. The van der Waals surface area contributed by atoms with Crippen LogP contribution in [-0.4, -0.2) is 6.54 Å². The first-order valence-electron chi connectivity index (χ1n) is 6.46. The molecule has 0 bridgehead atoms. The van der Waals surface area contributed by atoms with Gasteiger partial charge in [0.05, 0.1) is 0 Å². The molecule has 0 aliphatic heterocycles. The first kappa shape index (κ1) is 13.2. The first-order chi connectivity index (χ1) is 7.69. The summed E-state index contributed by atoms with van der Waals surface area (Å²) in [6.07, 6.45) is 4.90. The van der Waals surface area contributed by atoms with E-state index in [-0.39, 0.29) is 0 Å². The standard InChI is InChI=1S/C15H25N/c1-4-6-14(7-5-10-16)15-9-8-12(2)13(3)11-15/h8-9,11,14H,4-7,10,16H2,1-3H3. The third-order valence-corrected chi connectivity index (χ3v) is 3.40. The number of benzene rings is 1. The molecular weight excluding hydrogens is 194 g/mol. The molecule has 0 saturated heterocycles. The highest BCUT2D eigenvalue weighted by molar-refractivity contribution is 5.31. The Kier molecular flexibility index (Phi) is 5.54. The average Bonchev–Trinajstić information content (AvgIpc) is 2.28. The summed E-state index contributed by atoms with van der Waals surface area (Å²) in [5.74, 6) is 0.702. The van der Waals surface area contributed by atoms with Crippen LogP contribution in [0.15, 0.2) is 18.2 Å². The predicted octanol–water partition coefficient (Wildman–Crippen LogP) is 3.93. The maximum atomic E-state index is 5.61. The van der Waals surface area contributed by atoms with Gasteiger partial charge in [-0.2, -0.15) is 0 Å². The Morgan fingerprint density at radius 2 is 1.88 bits per heavy atom. The van der Waals surface area contributed by atoms with Crippen molar-refractivity contribution >= 4 is 0 Å². The SMILES string of the molecule is CCCC(CCCN)c1ccc(C)c(C)c1. The molecule has 1 rings (SSSR count). The Labute approximate surface area is 100 Å². The molecule has 0 heterocycles. The topological polar surface area (TPSA) is 26.0 Å². The molecule has 0 radical (unpaired) electrons. The molecule has 16 heavy (non-hydrogen) atoms. The third-order valence-electron chi connectivity index (χ3n) is 3.40. The van der Waals surface area contributed by atoms with Crippen molar-refractivity contribution in [2.45, 2.75) is 52.4 Å². The molecule has 1 nitrogen and oxygen atoms in total. The van der Waals surface area contributed by atoms with Gasteiger partial charge in [-0.3, -0.25) is 0 Å². The lowest BCUT2D eigenvalue weighted by Crippen LogP contribution is -2.05. The minimum atomic E-state index is 0.702. The van der Waals surface area contributed by atoms with Crippen molar-refractivity contribution in [2.75, 3.05) is 6.54 Å². The van der Waals surface area contributed by atoms with E-state index in [0.717, 1.165) is 13.0 Å². The summed E-state index contributed by atoms with van der Waals surface area (Å²) in [6, 6.07) is 6.89. The average molecular weight is 219 g/mol. The molecule has 1 heteroatoms. The first-order valence-corrected chi connectivity index (χ1v) is 6.46. The molecule has 2 N–H and O–H groups in total. The zero-order valence-corrected chi connectivity index (χ0v) is 10.9. The number of hydrogen-bond acceptors (Lipinski definition) is 1. The van der Waals surface area contributed by atoms with E-state index in [0.29, 0.717) is 5.92 Å². The molecule has 1 unspecified atom stereocenters. The Balaban J connectivity index is 2.78. The van der Waals surface area contributed by atoms with Gasteiger partial charge in [-0.1, -0.05) is 31.5 Å². The van der Waals surface area contributed by atoms with Crippen LogP contribution in [0.4, 0.5) is 0 Å². The van der Waals surface area contributed by atoms with Crippen LogP contribution in [0.1, 0.15) is 55.2 Å². The summed E-state index contributed by atoms with van der Waals surface area (Å²) in [5, 5.41) is 0. The van der Waals surface area contributed by atoms with Crippen LogP contribution < -0.4 is 5.73 Å². The van der Waals surface area contributed by atoms with Gasteiger partial charge in [-0.05, 0) is 62.3 Å². The van der Waals surface area contributed by atoms with Crippen LogP contribution >= 0.6 is 0 Å². The monoisotopic (exact) mass is 219 g/mol. The molecular formula is C15H25N. The van der Waals surface area contributed by atoms with Crippen LogP contribution in [0.5, 0.6) is 0 Å². The lowest BCUT2D eigenvalue weighted by molar-refractivity contribution is 0.549. The van der Waals surface area contributed by atoms with Gasteiger partial charge in [0.15, 0.2) is 0 Å². The van der Waals surface area contributed by atoms with Crippen molar-refractivity contribution in [3.05, 3.63) is 34.9 Å². The zero-order valence-electron chi connectivity index (χ0n) is 10.9. The van der Waals surface area contributed by atoms with Crippen LogP contribution in [0, 0.1) is 13.8 Å². The Bertz CT molecular complexity index is 317. The molecule has 1 aromatic carbocycles. The highest BCUT2D eigenvalue weighted by Gasteiger charge is 2.10. The van der Waals surface area contributed by atoms with Crippen molar-refractivity contribution in [2.24, 2.45) is 5.73 Å². The summed E-state index contributed by atoms with van der Waals surface area (Å²) in [5.41, 5.74) is 9.90. The fourth-order valence-electron chi connectivity index (χ4n) is 2.21. The minimum absolute atomic E-state index is 0.702. The van der Waals surface area contributed by atoms with Crippen molar-refractivity contribution in [3.8, 4) is 0 Å². The third kappa shape index (κ3) is 3.64. The van der Waals surface area contributed by atoms with E-state index in [2.05, 4.69) is 39.0 Å². The van der Waals surface area contributed by atoms with Gasteiger partial charge in [0.1, 0.15) is 0 Å². The van der Waals surface area contributed by atoms with Gasteiger partial charge in [0.25, 0.3) is 0 Å². The second-order valence-electron chi connectivity index (χ2n) is 4.76. The Morgan fingerprint density at radius 1 is 1.12 bits per heavy atom. The second kappa shape index (κ2) is 6.70. The van der Waals surface area contributed by atoms with E-state index in [4.69, 9.17) is 5.73 Å². The van der Waals surface area contributed by atoms with Gasteiger partial charge in [-0.25, -0.2) is 0 Å². The molecule has 0 aliphatic carbocycles. The van der Waals surface area contributed by atoms with Gasteiger partial charge >= 0.3 is 0 Å². The summed E-state index contributed by atoms with van der Waals surface area (Å²) in [4.78, 5) is 0. The molecule has 0 aliphatic rings. The van der Waals surface area contributed by atoms with Gasteiger partial charge < -0.3 is 5.73 Å². The van der Waals surface area contributed by atoms with Gasteiger partial charge in [-0.15, -0.1) is 0 Å². The maximum Gasteiger partial charge on any atom is -0.00771 e. The summed E-state index contributed by atoms with van der Waals surface area (Å²) >= 11 is 0. The maximum absolute atomic E-state index is 5.61. The minimum Gasteiger partial charge on any atom is -0.330 e. The Morgan fingerprint density at radius 3 is 2.44 bits per heavy atom. The van der Waals surface area contributed by atoms with Crippen LogP contribution in [0.3, 0.4) is 0 Å². The quantitative estimate of drug-likeness (QED) is 0.771. The summed E-state index contributed by atoms with van der Waals surface area (Å²) < 4.78 is 0. The van der Waals surface area contributed by atoms with Crippen molar-refractivity contribution in [1.82, 2.24) is 0 Å². The van der Waals surface area contributed by atoms with E-state index in [1.807, 2.05) is 0 Å². The van der Waals surface area contributed by atoms with E-state index < -0.39 is 0 Å². The van der Waals surface area contributed by atoms with E-state index >= 15 is 0 Å². The largest absolute Gasteiger partial charge is 0.330 e. The fourth-order valence-corrected chi connectivity index (χ4v) is 2.21. The highest BCUT2D eigenvalue weighted by atomic mass is 14.5. The van der Waals surface area contributed by atoms with E-state index in [1.54, 1.807) is 0 Å². The fraction of sp³-hybridized carbons (Fsp3) is 0.600. The summed E-state index contributed by atoms with van der Waals surface area (Å²) in [7, 11) is 0. The zero-order chi connectivity index (χ0) is 12.0. The number of nitrogens with two attached hydrogens (primary N) is 1. The van der Waals surface area contributed by atoms with E-state index in [1.165, 1.54) is 36.0 Å². The molecule has 1 aromatic rings. The lowest BCUT2D eigenvalue weighted by atomic mass is 9.88. The molecule has 0 fully saturated rings. The predicted molar refractivity (Wildman–Crippen MR) is 71.9 cm³/mol. The molecule has 0 saturated carbocycles. The van der Waals surface area contributed by atoms with Crippen molar-refractivity contribution in [3.63, 3.8) is 0 Å². The van der Waals surface area contributed by atoms with Crippen molar-refractivity contribution in [1.29, 1.82) is 0 Å². The molecule has 0 amide bonds. The highest BCUT2D eigenvalue weighted by Crippen LogP contribution is 2.27. The van der Waals surface area contributed by atoms with Gasteiger partial charge in [0, 0.05) is 0 Å². The van der Waals surface area contributed by atoms with Crippen LogP contribution in [0.25, 0.3) is 0 Å². The molecule has 90 valence electrons.